The van der Waals surface area contributed by atoms with Crippen LogP contribution in [0, 0.1) is 0 Å². The van der Waals surface area contributed by atoms with Crippen LogP contribution < -0.4 is 20.1 Å². The van der Waals surface area contributed by atoms with Crippen molar-refractivity contribution in [3.05, 3.63) is 84.0 Å². The normalized spacial score (nSPS) is 10.6. The van der Waals surface area contributed by atoms with E-state index in [4.69, 9.17) is 18.3 Å². The molecular formula is C23H22N4O6. The summed E-state index contributed by atoms with van der Waals surface area (Å²) >= 11 is 0. The Morgan fingerprint density at radius 2 is 1.82 bits per heavy atom. The van der Waals surface area contributed by atoms with Gasteiger partial charge in [-0.05, 0) is 48.5 Å². The summed E-state index contributed by atoms with van der Waals surface area (Å²) in [6.07, 6.45) is 3.06. The Hall–Kier alpha value is -4.47. The first-order valence-electron chi connectivity index (χ1n) is 10.0. The van der Waals surface area contributed by atoms with Crippen LogP contribution in [-0.4, -0.2) is 28.7 Å². The van der Waals surface area contributed by atoms with Crippen molar-refractivity contribution in [1.82, 2.24) is 15.1 Å². The van der Waals surface area contributed by atoms with Gasteiger partial charge in [0, 0.05) is 13.2 Å². The van der Waals surface area contributed by atoms with Crippen LogP contribution in [0.1, 0.15) is 32.6 Å². The number of hydrogen-bond donors (Lipinski definition) is 2. The molecule has 0 fully saturated rings. The first-order chi connectivity index (χ1) is 16.0. The number of carbonyl (C=O) groups excluding carboxylic acids is 2. The van der Waals surface area contributed by atoms with Crippen LogP contribution in [0.5, 0.6) is 11.5 Å². The summed E-state index contributed by atoms with van der Waals surface area (Å²) in [5.41, 5.74) is 0.332. The highest BCUT2D eigenvalue weighted by Crippen LogP contribution is 2.20. The molecule has 0 saturated carbocycles. The van der Waals surface area contributed by atoms with E-state index < -0.39 is 11.8 Å². The average molecular weight is 450 g/mol. The number of aromatic nitrogens is 2. The summed E-state index contributed by atoms with van der Waals surface area (Å²) in [6, 6.07) is 13.8. The molecule has 0 aliphatic carbocycles. The Bertz CT molecular complexity index is 1220. The molecule has 2 amide bonds. The molecule has 170 valence electrons. The van der Waals surface area contributed by atoms with Gasteiger partial charge in [0.15, 0.2) is 11.5 Å². The number of benzene rings is 1. The Labute approximate surface area is 189 Å². The van der Waals surface area contributed by atoms with Crippen molar-refractivity contribution in [2.45, 2.75) is 13.2 Å². The molecule has 1 aromatic carbocycles. The highest BCUT2D eigenvalue weighted by molar-refractivity contribution is 6.07. The summed E-state index contributed by atoms with van der Waals surface area (Å²) in [5, 5.41) is 9.51. The van der Waals surface area contributed by atoms with Crippen LogP contribution in [0.4, 0.5) is 5.69 Å². The van der Waals surface area contributed by atoms with E-state index in [1.165, 1.54) is 23.2 Å². The van der Waals surface area contributed by atoms with Crippen molar-refractivity contribution in [3.8, 4) is 11.5 Å². The number of rotatable bonds is 9. The molecule has 4 aromatic rings. The molecular weight excluding hydrogens is 428 g/mol. The Kier molecular flexibility index (Phi) is 6.44. The van der Waals surface area contributed by atoms with Gasteiger partial charge < -0.3 is 28.9 Å². The van der Waals surface area contributed by atoms with E-state index in [0.717, 1.165) is 5.75 Å². The molecule has 10 heteroatoms. The molecule has 3 heterocycles. The monoisotopic (exact) mass is 450 g/mol. The van der Waals surface area contributed by atoms with Gasteiger partial charge in [-0.1, -0.05) is 0 Å². The van der Waals surface area contributed by atoms with Gasteiger partial charge in [-0.25, -0.2) is 0 Å². The molecule has 4 rings (SSSR count). The van der Waals surface area contributed by atoms with Gasteiger partial charge in [0.1, 0.15) is 29.6 Å². The minimum atomic E-state index is -0.515. The maximum atomic E-state index is 12.7. The number of methoxy groups -OCH3 is 1. The third-order valence-corrected chi connectivity index (χ3v) is 4.62. The number of anilines is 1. The number of amides is 2. The molecule has 0 aliphatic rings. The van der Waals surface area contributed by atoms with E-state index in [0.29, 0.717) is 17.3 Å². The second-order valence-corrected chi connectivity index (χ2v) is 7.01. The smallest absolute Gasteiger partial charge is 0.291 e. The summed E-state index contributed by atoms with van der Waals surface area (Å²) in [6.45, 7) is 0.346. The molecule has 0 atom stereocenters. The number of nitrogens with zero attached hydrogens (tertiary/aromatic N) is 2. The molecule has 10 nitrogen and oxygen atoms in total. The summed E-state index contributed by atoms with van der Waals surface area (Å²) < 4.78 is 23.0. The van der Waals surface area contributed by atoms with Crippen molar-refractivity contribution in [2.24, 2.45) is 7.05 Å². The molecule has 0 aliphatic heterocycles. The van der Waals surface area contributed by atoms with E-state index in [2.05, 4.69) is 15.7 Å². The van der Waals surface area contributed by atoms with E-state index >= 15 is 0 Å². The molecule has 0 saturated heterocycles. The number of hydrogen-bond acceptors (Lipinski definition) is 7. The zero-order valence-corrected chi connectivity index (χ0v) is 18.0. The zero-order chi connectivity index (χ0) is 23.2. The lowest BCUT2D eigenvalue weighted by Gasteiger charge is -2.06. The van der Waals surface area contributed by atoms with Crippen LogP contribution >= 0.6 is 0 Å². The number of carbonyl (C=O) groups is 2. The van der Waals surface area contributed by atoms with Gasteiger partial charge in [0.2, 0.25) is 0 Å². The van der Waals surface area contributed by atoms with Gasteiger partial charge in [-0.2, -0.15) is 5.10 Å². The maximum absolute atomic E-state index is 12.7. The third kappa shape index (κ3) is 5.42. The highest BCUT2D eigenvalue weighted by Gasteiger charge is 2.20. The second kappa shape index (κ2) is 9.77. The Balaban J connectivity index is 1.36. The molecule has 2 N–H and O–H groups in total. The minimum Gasteiger partial charge on any atom is -0.497 e. The van der Waals surface area contributed by atoms with Crippen molar-refractivity contribution >= 4 is 17.5 Å². The average Bonchev–Trinajstić information content (AvgIpc) is 3.58. The van der Waals surface area contributed by atoms with Crippen LogP contribution in [0.15, 0.2) is 69.8 Å². The summed E-state index contributed by atoms with van der Waals surface area (Å²) in [7, 11) is 3.24. The van der Waals surface area contributed by atoms with Crippen LogP contribution in [0.25, 0.3) is 0 Å². The lowest BCUT2D eigenvalue weighted by molar-refractivity contribution is 0.0943. The lowest BCUT2D eigenvalue weighted by Crippen LogP contribution is -2.25. The van der Waals surface area contributed by atoms with Gasteiger partial charge in [0.25, 0.3) is 11.8 Å². The fourth-order valence-electron chi connectivity index (χ4n) is 3.00. The van der Waals surface area contributed by atoms with E-state index in [-0.39, 0.29) is 30.3 Å². The topological polar surface area (TPSA) is 121 Å². The molecule has 33 heavy (non-hydrogen) atoms. The standard InChI is InChI=1S/C23H22N4O6/c1-27-13-19(21(26-27)23(29)24-12-17-4-3-11-31-17)25-22(28)20-10-9-18(33-20)14-32-16-7-5-15(30-2)6-8-16/h3-11,13H,12,14H2,1-2H3,(H,24,29)(H,25,28). The third-order valence-electron chi connectivity index (χ3n) is 4.62. The molecule has 3 aromatic heterocycles. The second-order valence-electron chi connectivity index (χ2n) is 7.01. The van der Waals surface area contributed by atoms with E-state index in [1.54, 1.807) is 56.6 Å². The summed E-state index contributed by atoms with van der Waals surface area (Å²) in [4.78, 5) is 25.2. The van der Waals surface area contributed by atoms with E-state index in [9.17, 15) is 9.59 Å². The largest absolute Gasteiger partial charge is 0.497 e. The first-order valence-corrected chi connectivity index (χ1v) is 10.0. The predicted molar refractivity (Wildman–Crippen MR) is 117 cm³/mol. The van der Waals surface area contributed by atoms with Gasteiger partial charge in [-0.3, -0.25) is 14.3 Å². The van der Waals surface area contributed by atoms with Gasteiger partial charge >= 0.3 is 0 Å². The number of nitrogens with one attached hydrogen (secondary N) is 2. The number of aryl methyl sites for hydroxylation is 1. The van der Waals surface area contributed by atoms with Gasteiger partial charge in [-0.15, -0.1) is 0 Å². The number of furan rings is 2. The van der Waals surface area contributed by atoms with Crippen molar-refractivity contribution < 1.29 is 27.9 Å². The molecule has 0 spiro atoms. The Morgan fingerprint density at radius 3 is 2.55 bits per heavy atom. The highest BCUT2D eigenvalue weighted by atomic mass is 16.5. The van der Waals surface area contributed by atoms with Crippen LogP contribution in [-0.2, 0) is 20.2 Å². The fourth-order valence-corrected chi connectivity index (χ4v) is 3.00. The van der Waals surface area contributed by atoms with Gasteiger partial charge in [0.05, 0.1) is 25.6 Å². The molecule has 0 bridgehead atoms. The fraction of sp³-hybridized carbons (Fsp3) is 0.174. The molecule has 0 unspecified atom stereocenters. The zero-order valence-electron chi connectivity index (χ0n) is 18.0. The quantitative estimate of drug-likeness (QED) is 0.401. The Morgan fingerprint density at radius 1 is 1.03 bits per heavy atom. The van der Waals surface area contributed by atoms with Crippen molar-refractivity contribution in [3.63, 3.8) is 0 Å². The van der Waals surface area contributed by atoms with Crippen LogP contribution in [0.3, 0.4) is 0 Å². The lowest BCUT2D eigenvalue weighted by atomic mass is 10.3. The summed E-state index contributed by atoms with van der Waals surface area (Å²) in [5.74, 6) is 1.55. The maximum Gasteiger partial charge on any atom is 0.291 e. The SMILES string of the molecule is COc1ccc(OCc2ccc(C(=O)Nc3cn(C)nc3C(=O)NCc3ccco3)o2)cc1. The number of ether oxygens (including phenoxy) is 2. The predicted octanol–water partition coefficient (Wildman–Crippen LogP) is 3.38. The van der Waals surface area contributed by atoms with Crippen molar-refractivity contribution in [1.29, 1.82) is 0 Å². The van der Waals surface area contributed by atoms with Crippen LogP contribution in [0.2, 0.25) is 0 Å². The molecule has 0 radical (unpaired) electrons. The van der Waals surface area contributed by atoms with E-state index in [1.807, 2.05) is 0 Å². The minimum absolute atomic E-state index is 0.0759. The first kappa shape index (κ1) is 21.8. The van der Waals surface area contributed by atoms with Crippen molar-refractivity contribution in [2.75, 3.05) is 12.4 Å².